The van der Waals surface area contributed by atoms with Gasteiger partial charge in [0.2, 0.25) is 0 Å². The Morgan fingerprint density at radius 1 is 1.19 bits per heavy atom. The second-order valence-electron chi connectivity index (χ2n) is 5.07. The quantitative estimate of drug-likeness (QED) is 0.317. The largest absolute Gasteiger partial charge is 0.370 e. The van der Waals surface area contributed by atoms with Crippen molar-refractivity contribution in [1.29, 1.82) is 0 Å². The van der Waals surface area contributed by atoms with Crippen LogP contribution in [-0.2, 0) is 0 Å². The maximum atomic E-state index is 5.90. The second-order valence-corrected chi connectivity index (χ2v) is 5.07. The molecule has 5 heteroatoms. The second kappa shape index (κ2) is 10.8. The minimum Gasteiger partial charge on any atom is -0.370 e. The third-order valence-electron chi connectivity index (χ3n) is 3.59. The van der Waals surface area contributed by atoms with Gasteiger partial charge in [-0.2, -0.15) is 0 Å². The zero-order valence-electron chi connectivity index (χ0n) is 13.6. The number of halogens is 1. The van der Waals surface area contributed by atoms with Gasteiger partial charge in [0.25, 0.3) is 0 Å². The Morgan fingerprint density at radius 2 is 1.86 bits per heavy atom. The predicted octanol–water partition coefficient (Wildman–Crippen LogP) is 3.38. The molecule has 0 aromatic heterocycles. The number of hydrogen-bond donors (Lipinski definition) is 2. The van der Waals surface area contributed by atoms with E-state index in [1.165, 1.54) is 11.1 Å². The molecule has 0 radical (unpaired) electrons. The van der Waals surface area contributed by atoms with Crippen molar-refractivity contribution in [3.05, 3.63) is 29.3 Å². The Labute approximate surface area is 146 Å². The number of nitrogens with zero attached hydrogens (tertiary/aromatic N) is 2. The molecule has 0 aliphatic heterocycles. The lowest BCUT2D eigenvalue weighted by Crippen LogP contribution is -2.26. The molecule has 0 saturated heterocycles. The van der Waals surface area contributed by atoms with Gasteiger partial charge in [-0.1, -0.05) is 19.9 Å². The Balaban J connectivity index is 0.00000400. The number of nitrogens with two attached hydrogens (primary N) is 1. The number of aliphatic imine (C=N–C) groups is 1. The predicted molar refractivity (Wildman–Crippen MR) is 104 cm³/mol. The number of nitrogens with one attached hydrogen (secondary N) is 1. The summed E-state index contributed by atoms with van der Waals surface area (Å²) in [6.45, 7) is 12.6. The summed E-state index contributed by atoms with van der Waals surface area (Å²) in [5.74, 6) is 0.493. The van der Waals surface area contributed by atoms with E-state index in [2.05, 4.69) is 55.0 Å². The molecule has 4 nitrogen and oxygen atoms in total. The lowest BCUT2D eigenvalue weighted by molar-refractivity contribution is 0.302. The number of hydrogen-bond acceptors (Lipinski definition) is 2. The Kier molecular flexibility index (Phi) is 10.4. The molecule has 0 atom stereocenters. The van der Waals surface area contributed by atoms with E-state index in [1.807, 2.05) is 6.07 Å². The van der Waals surface area contributed by atoms with Crippen molar-refractivity contribution >= 4 is 35.6 Å². The average molecular weight is 404 g/mol. The van der Waals surface area contributed by atoms with E-state index < -0.39 is 0 Å². The molecular weight excluding hydrogens is 375 g/mol. The van der Waals surface area contributed by atoms with Crippen LogP contribution >= 0.6 is 24.0 Å². The summed E-state index contributed by atoms with van der Waals surface area (Å²) in [5, 5.41) is 3.14. The molecule has 0 unspecified atom stereocenters. The molecule has 0 heterocycles. The molecule has 0 saturated carbocycles. The standard InChI is InChI=1S/C16H28N4.HI/c1-5-20(6-2)11-7-10-18-16(17)19-15-9-8-13(3)14(4)12-15;/h8-9,12H,5-7,10-11H2,1-4H3,(H3,17,18,19);1H. The summed E-state index contributed by atoms with van der Waals surface area (Å²) in [6, 6.07) is 6.21. The van der Waals surface area contributed by atoms with Crippen LogP contribution in [0.15, 0.2) is 23.2 Å². The molecule has 1 aromatic carbocycles. The molecule has 1 aromatic rings. The highest BCUT2D eigenvalue weighted by Crippen LogP contribution is 2.13. The van der Waals surface area contributed by atoms with Crippen molar-refractivity contribution in [2.24, 2.45) is 10.7 Å². The van der Waals surface area contributed by atoms with Crippen LogP contribution in [0, 0.1) is 13.8 Å². The maximum absolute atomic E-state index is 5.90. The number of benzene rings is 1. The van der Waals surface area contributed by atoms with Gasteiger partial charge in [0.15, 0.2) is 5.96 Å². The number of guanidine groups is 1. The molecular formula is C16H29IN4. The smallest absolute Gasteiger partial charge is 0.193 e. The van der Waals surface area contributed by atoms with Crippen LogP contribution in [0.1, 0.15) is 31.4 Å². The first-order valence-electron chi connectivity index (χ1n) is 7.43. The first-order valence-corrected chi connectivity index (χ1v) is 7.43. The summed E-state index contributed by atoms with van der Waals surface area (Å²) >= 11 is 0. The number of aryl methyl sites for hydroxylation is 2. The molecule has 3 N–H and O–H groups in total. The summed E-state index contributed by atoms with van der Waals surface area (Å²) in [5.41, 5.74) is 9.44. The van der Waals surface area contributed by atoms with E-state index in [0.29, 0.717) is 5.96 Å². The first-order chi connectivity index (χ1) is 9.56. The number of anilines is 1. The van der Waals surface area contributed by atoms with E-state index in [9.17, 15) is 0 Å². The van der Waals surface area contributed by atoms with Gasteiger partial charge >= 0.3 is 0 Å². The summed E-state index contributed by atoms with van der Waals surface area (Å²) in [6.07, 6.45) is 1.04. The third-order valence-corrected chi connectivity index (χ3v) is 3.59. The Bertz CT molecular complexity index is 442. The van der Waals surface area contributed by atoms with Crippen molar-refractivity contribution in [1.82, 2.24) is 4.90 Å². The van der Waals surface area contributed by atoms with Crippen molar-refractivity contribution in [2.45, 2.75) is 34.1 Å². The molecule has 0 bridgehead atoms. The minimum atomic E-state index is 0. The van der Waals surface area contributed by atoms with Gasteiger partial charge in [0.05, 0.1) is 0 Å². The minimum absolute atomic E-state index is 0. The van der Waals surface area contributed by atoms with Gasteiger partial charge in [-0.05, 0) is 63.2 Å². The van der Waals surface area contributed by atoms with E-state index in [4.69, 9.17) is 5.73 Å². The van der Waals surface area contributed by atoms with Gasteiger partial charge in [-0.3, -0.25) is 4.99 Å². The van der Waals surface area contributed by atoms with Gasteiger partial charge in [-0.15, -0.1) is 24.0 Å². The monoisotopic (exact) mass is 404 g/mol. The van der Waals surface area contributed by atoms with Crippen LogP contribution in [0.3, 0.4) is 0 Å². The zero-order valence-corrected chi connectivity index (χ0v) is 16.0. The fraction of sp³-hybridized carbons (Fsp3) is 0.562. The van der Waals surface area contributed by atoms with Crippen LogP contribution in [0.2, 0.25) is 0 Å². The number of rotatable bonds is 7. The van der Waals surface area contributed by atoms with Crippen molar-refractivity contribution < 1.29 is 0 Å². The van der Waals surface area contributed by atoms with Crippen LogP contribution in [-0.4, -0.2) is 37.0 Å². The lowest BCUT2D eigenvalue weighted by atomic mass is 10.1. The summed E-state index contributed by atoms with van der Waals surface area (Å²) in [4.78, 5) is 6.76. The molecule has 0 amide bonds. The SMILES string of the molecule is CCN(CC)CCCN=C(N)Nc1ccc(C)c(C)c1.I. The van der Waals surface area contributed by atoms with Crippen LogP contribution in [0.4, 0.5) is 5.69 Å². The third kappa shape index (κ3) is 7.66. The molecule has 0 fully saturated rings. The normalized spacial score (nSPS) is 11.4. The summed E-state index contributed by atoms with van der Waals surface area (Å²) in [7, 11) is 0. The molecule has 0 aliphatic rings. The van der Waals surface area contributed by atoms with Crippen LogP contribution in [0.25, 0.3) is 0 Å². The van der Waals surface area contributed by atoms with E-state index >= 15 is 0 Å². The molecule has 21 heavy (non-hydrogen) atoms. The van der Waals surface area contributed by atoms with Crippen molar-refractivity contribution in [3.8, 4) is 0 Å². The Morgan fingerprint density at radius 3 is 2.43 bits per heavy atom. The highest BCUT2D eigenvalue weighted by molar-refractivity contribution is 14.0. The summed E-state index contributed by atoms with van der Waals surface area (Å²) < 4.78 is 0. The van der Waals surface area contributed by atoms with Gasteiger partial charge in [0, 0.05) is 12.2 Å². The fourth-order valence-corrected chi connectivity index (χ4v) is 2.04. The highest BCUT2D eigenvalue weighted by Gasteiger charge is 1.99. The molecule has 120 valence electrons. The van der Waals surface area contributed by atoms with Gasteiger partial charge < -0.3 is 16.0 Å². The molecule has 1 rings (SSSR count). The van der Waals surface area contributed by atoms with Crippen molar-refractivity contribution in [2.75, 3.05) is 31.5 Å². The average Bonchev–Trinajstić information content (AvgIpc) is 2.43. The van der Waals surface area contributed by atoms with Crippen LogP contribution in [0.5, 0.6) is 0 Å². The maximum Gasteiger partial charge on any atom is 0.193 e. The molecule has 0 spiro atoms. The van der Waals surface area contributed by atoms with E-state index in [-0.39, 0.29) is 24.0 Å². The molecule has 0 aliphatic carbocycles. The lowest BCUT2D eigenvalue weighted by Gasteiger charge is -2.16. The Hall–Kier alpha value is -0.820. The van der Waals surface area contributed by atoms with Gasteiger partial charge in [-0.25, -0.2) is 0 Å². The first kappa shape index (κ1) is 20.2. The van der Waals surface area contributed by atoms with E-state index in [0.717, 1.165) is 38.3 Å². The highest BCUT2D eigenvalue weighted by atomic mass is 127. The van der Waals surface area contributed by atoms with Gasteiger partial charge in [0.1, 0.15) is 0 Å². The topological polar surface area (TPSA) is 53.6 Å². The zero-order chi connectivity index (χ0) is 15.0. The van der Waals surface area contributed by atoms with E-state index in [1.54, 1.807) is 0 Å². The van der Waals surface area contributed by atoms with Crippen molar-refractivity contribution in [3.63, 3.8) is 0 Å². The fourth-order valence-electron chi connectivity index (χ4n) is 2.04. The van der Waals surface area contributed by atoms with Crippen LogP contribution < -0.4 is 11.1 Å².